The van der Waals surface area contributed by atoms with Crippen LogP contribution >= 0.6 is 0 Å². The van der Waals surface area contributed by atoms with Crippen LogP contribution in [-0.4, -0.2) is 18.0 Å². The molecule has 78 valence electrons. The first kappa shape index (κ1) is 9.56. The van der Waals surface area contributed by atoms with Gasteiger partial charge in [-0.3, -0.25) is 4.79 Å². The van der Waals surface area contributed by atoms with Crippen molar-refractivity contribution in [2.24, 2.45) is 0 Å². The number of amides is 1. The van der Waals surface area contributed by atoms with E-state index in [9.17, 15) is 4.79 Å². The third kappa shape index (κ3) is 1.91. The summed E-state index contributed by atoms with van der Waals surface area (Å²) < 4.78 is 0. The van der Waals surface area contributed by atoms with Gasteiger partial charge in [0.1, 0.15) is 0 Å². The Morgan fingerprint density at radius 2 is 2.07 bits per heavy atom. The minimum Gasteiger partial charge on any atom is -0.388 e. The molecule has 1 unspecified atom stereocenters. The lowest BCUT2D eigenvalue weighted by molar-refractivity contribution is -0.122. The van der Waals surface area contributed by atoms with Gasteiger partial charge in [-0.2, -0.15) is 0 Å². The maximum absolute atomic E-state index is 11.1. The molecule has 2 fully saturated rings. The first-order valence-electron chi connectivity index (χ1n) is 5.54. The summed E-state index contributed by atoms with van der Waals surface area (Å²) in [6.07, 6.45) is 8.43. The Balaban J connectivity index is 1.82. The van der Waals surface area contributed by atoms with Crippen LogP contribution in [0.15, 0.2) is 11.8 Å². The molecule has 2 N–H and O–H groups in total. The molecule has 1 saturated heterocycles. The van der Waals surface area contributed by atoms with Crippen LogP contribution in [0.2, 0.25) is 0 Å². The van der Waals surface area contributed by atoms with Crippen LogP contribution in [0.1, 0.15) is 39.0 Å². The molecule has 2 rings (SSSR count). The van der Waals surface area contributed by atoms with Gasteiger partial charge in [-0.15, -0.1) is 0 Å². The predicted octanol–water partition coefficient (Wildman–Crippen LogP) is 1.31. The van der Waals surface area contributed by atoms with E-state index in [4.69, 9.17) is 0 Å². The van der Waals surface area contributed by atoms with E-state index in [0.717, 1.165) is 5.57 Å². The Morgan fingerprint density at radius 3 is 2.64 bits per heavy atom. The van der Waals surface area contributed by atoms with Crippen molar-refractivity contribution in [2.75, 3.05) is 0 Å². The van der Waals surface area contributed by atoms with E-state index in [0.29, 0.717) is 6.04 Å². The molecule has 3 heteroatoms. The van der Waals surface area contributed by atoms with Crippen LogP contribution < -0.4 is 10.6 Å². The van der Waals surface area contributed by atoms with E-state index >= 15 is 0 Å². The Labute approximate surface area is 84.9 Å². The summed E-state index contributed by atoms with van der Waals surface area (Å²) in [6.45, 7) is 2.01. The molecule has 1 heterocycles. The second-order valence-corrected chi connectivity index (χ2v) is 4.30. The minimum absolute atomic E-state index is 0.0841. The predicted molar refractivity (Wildman–Crippen MR) is 55.7 cm³/mol. The van der Waals surface area contributed by atoms with Crippen molar-refractivity contribution in [1.82, 2.24) is 10.6 Å². The van der Waals surface area contributed by atoms with Crippen LogP contribution in [0.25, 0.3) is 0 Å². The maximum atomic E-state index is 11.1. The first-order chi connectivity index (χ1) is 6.77. The van der Waals surface area contributed by atoms with E-state index in [-0.39, 0.29) is 11.9 Å². The molecule has 0 radical (unpaired) electrons. The van der Waals surface area contributed by atoms with Crippen molar-refractivity contribution in [3.05, 3.63) is 11.8 Å². The molecule has 1 amide bonds. The Morgan fingerprint density at radius 1 is 1.36 bits per heavy atom. The Hall–Kier alpha value is -0.990. The second-order valence-electron chi connectivity index (χ2n) is 4.30. The standard InChI is InChI=1S/C11H18N2O/c1-8-10(11(14)13-8)7-12-9-5-3-2-4-6-9/h7-9,12H,2-6H2,1H3,(H,13,14)/b10-7+. The molecule has 0 aromatic heterocycles. The number of hydrogen-bond donors (Lipinski definition) is 2. The van der Waals surface area contributed by atoms with Gasteiger partial charge < -0.3 is 10.6 Å². The molecular formula is C11H18N2O. The van der Waals surface area contributed by atoms with Crippen molar-refractivity contribution in [3.8, 4) is 0 Å². The summed E-state index contributed by atoms with van der Waals surface area (Å²) in [4.78, 5) is 11.1. The van der Waals surface area contributed by atoms with Crippen molar-refractivity contribution in [3.63, 3.8) is 0 Å². The highest BCUT2D eigenvalue weighted by atomic mass is 16.2. The van der Waals surface area contributed by atoms with E-state index in [1.165, 1.54) is 32.1 Å². The highest BCUT2D eigenvalue weighted by molar-refractivity contribution is 6.01. The van der Waals surface area contributed by atoms with Gasteiger partial charge in [0.15, 0.2) is 0 Å². The van der Waals surface area contributed by atoms with Gasteiger partial charge in [-0.05, 0) is 19.8 Å². The van der Waals surface area contributed by atoms with Crippen molar-refractivity contribution < 1.29 is 4.79 Å². The molecular weight excluding hydrogens is 176 g/mol. The molecule has 1 aliphatic heterocycles. The van der Waals surface area contributed by atoms with Crippen LogP contribution in [0, 0.1) is 0 Å². The topological polar surface area (TPSA) is 41.1 Å². The normalized spacial score (nSPS) is 31.1. The van der Waals surface area contributed by atoms with Crippen molar-refractivity contribution >= 4 is 5.91 Å². The first-order valence-corrected chi connectivity index (χ1v) is 5.54. The van der Waals surface area contributed by atoms with Gasteiger partial charge in [0.2, 0.25) is 0 Å². The largest absolute Gasteiger partial charge is 0.388 e. The lowest BCUT2D eigenvalue weighted by atomic mass is 9.95. The van der Waals surface area contributed by atoms with Gasteiger partial charge in [-0.1, -0.05) is 19.3 Å². The van der Waals surface area contributed by atoms with Crippen molar-refractivity contribution in [1.29, 1.82) is 0 Å². The van der Waals surface area contributed by atoms with Gasteiger partial charge in [0, 0.05) is 12.2 Å². The lowest BCUT2D eigenvalue weighted by Gasteiger charge is -2.29. The molecule has 0 aromatic rings. The fraction of sp³-hybridized carbons (Fsp3) is 0.727. The zero-order valence-corrected chi connectivity index (χ0v) is 8.68. The summed E-state index contributed by atoms with van der Waals surface area (Å²) in [7, 11) is 0. The fourth-order valence-electron chi connectivity index (χ4n) is 2.14. The molecule has 0 aromatic carbocycles. The number of rotatable bonds is 2. The summed E-state index contributed by atoms with van der Waals surface area (Å²) in [5.74, 6) is 0.0841. The van der Waals surface area contributed by atoms with Crippen molar-refractivity contribution in [2.45, 2.75) is 51.1 Å². The van der Waals surface area contributed by atoms with Crippen LogP contribution in [-0.2, 0) is 4.79 Å². The average molecular weight is 194 g/mol. The molecule has 2 aliphatic rings. The lowest BCUT2D eigenvalue weighted by Crippen LogP contribution is -2.50. The molecule has 1 aliphatic carbocycles. The molecule has 0 bridgehead atoms. The smallest absolute Gasteiger partial charge is 0.251 e. The molecule has 1 atom stereocenters. The SMILES string of the molecule is CC1NC(=O)/C1=C/NC1CCCCC1. The van der Waals surface area contributed by atoms with Crippen LogP contribution in [0.5, 0.6) is 0 Å². The summed E-state index contributed by atoms with van der Waals surface area (Å²) in [5, 5.41) is 6.16. The van der Waals surface area contributed by atoms with Crippen LogP contribution in [0.4, 0.5) is 0 Å². The molecule has 0 spiro atoms. The van der Waals surface area contributed by atoms with Gasteiger partial charge in [0.25, 0.3) is 5.91 Å². The average Bonchev–Trinajstić information content (AvgIpc) is 2.19. The monoisotopic (exact) mass is 194 g/mol. The zero-order chi connectivity index (χ0) is 9.97. The van der Waals surface area contributed by atoms with Crippen LogP contribution in [0.3, 0.4) is 0 Å². The second kappa shape index (κ2) is 4.03. The fourth-order valence-corrected chi connectivity index (χ4v) is 2.14. The molecule has 1 saturated carbocycles. The summed E-state index contributed by atoms with van der Waals surface area (Å²) in [5.41, 5.74) is 0.899. The zero-order valence-electron chi connectivity index (χ0n) is 8.68. The quantitative estimate of drug-likeness (QED) is 0.514. The van der Waals surface area contributed by atoms with Gasteiger partial charge in [-0.25, -0.2) is 0 Å². The third-order valence-electron chi connectivity index (χ3n) is 3.16. The van der Waals surface area contributed by atoms with Gasteiger partial charge in [0.05, 0.1) is 11.6 Å². The minimum atomic E-state index is 0.0841. The summed E-state index contributed by atoms with van der Waals surface area (Å²) >= 11 is 0. The van der Waals surface area contributed by atoms with Gasteiger partial charge >= 0.3 is 0 Å². The number of nitrogens with one attached hydrogen (secondary N) is 2. The number of carbonyl (C=O) groups excluding carboxylic acids is 1. The molecule has 14 heavy (non-hydrogen) atoms. The molecule has 3 nitrogen and oxygen atoms in total. The highest BCUT2D eigenvalue weighted by Gasteiger charge is 2.28. The Kier molecular flexibility index (Phi) is 2.75. The Bertz CT molecular complexity index is 254. The van der Waals surface area contributed by atoms with E-state index in [2.05, 4.69) is 10.6 Å². The number of β-lactam (4-membered cyclic amide) rings is 1. The highest BCUT2D eigenvalue weighted by Crippen LogP contribution is 2.18. The van der Waals surface area contributed by atoms with E-state index in [1.54, 1.807) is 0 Å². The number of hydrogen-bond acceptors (Lipinski definition) is 2. The van der Waals surface area contributed by atoms with E-state index in [1.807, 2.05) is 13.1 Å². The third-order valence-corrected chi connectivity index (χ3v) is 3.16. The maximum Gasteiger partial charge on any atom is 0.251 e. The summed E-state index contributed by atoms with van der Waals surface area (Å²) in [6, 6.07) is 0.829. The van der Waals surface area contributed by atoms with E-state index < -0.39 is 0 Å². The number of carbonyl (C=O) groups is 1.